The van der Waals surface area contributed by atoms with Crippen LogP contribution in [0.3, 0.4) is 0 Å². The van der Waals surface area contributed by atoms with E-state index in [1.807, 2.05) is 4.93 Å². The van der Waals surface area contributed by atoms with E-state index >= 15 is 0 Å². The molecule has 0 aromatic carbocycles. The Hall–Kier alpha value is 0.690. The van der Waals surface area contributed by atoms with Crippen molar-refractivity contribution in [3.05, 3.63) is 0 Å². The lowest BCUT2D eigenvalue weighted by Crippen LogP contribution is -2.21. The van der Waals surface area contributed by atoms with E-state index in [1.165, 1.54) is 32.4 Å². The van der Waals surface area contributed by atoms with E-state index in [2.05, 4.69) is 27.9 Å². The Balaban J connectivity index is 0.000000222. The lowest BCUT2D eigenvalue weighted by Gasteiger charge is -2.08. The molecule has 1 rings (SSSR count). The second kappa shape index (κ2) is 7.69. The van der Waals surface area contributed by atoms with Crippen LogP contribution in [0, 0.1) is 0 Å². The van der Waals surface area contributed by atoms with Crippen molar-refractivity contribution in [3.63, 3.8) is 0 Å². The van der Waals surface area contributed by atoms with Crippen molar-refractivity contribution in [1.82, 2.24) is 5.32 Å². The van der Waals surface area contributed by atoms with Crippen molar-refractivity contribution >= 4 is 22.6 Å². The fourth-order valence-electron chi connectivity index (χ4n) is 0.802. The quantitative estimate of drug-likeness (QED) is 0.491. The zero-order chi connectivity index (χ0) is 6.24. The molecule has 0 atom stereocenters. The highest BCUT2D eigenvalue weighted by Crippen LogP contribution is 1.96. The summed E-state index contributed by atoms with van der Waals surface area (Å²) in [5, 5.41) is 3.28. The zero-order valence-corrected chi connectivity index (χ0v) is 7.57. The van der Waals surface area contributed by atoms with Crippen LogP contribution in [0.5, 0.6) is 0 Å². The summed E-state index contributed by atoms with van der Waals surface area (Å²) >= 11 is 2.15. The van der Waals surface area contributed by atoms with Gasteiger partial charge in [-0.15, -0.1) is 0 Å². The Bertz CT molecular complexity index is 24.0. The van der Waals surface area contributed by atoms with Gasteiger partial charge in [0.15, 0.2) is 0 Å². The highest BCUT2D eigenvalue weighted by atomic mass is 127. The van der Waals surface area contributed by atoms with Gasteiger partial charge in [-0.1, -0.05) is 29.0 Å². The van der Waals surface area contributed by atoms with Crippen LogP contribution in [0.1, 0.15) is 19.3 Å². The smallest absolute Gasteiger partial charge is 0.00489 e. The summed E-state index contributed by atoms with van der Waals surface area (Å²) in [5.74, 6) is 0. The molecule has 1 N–H and O–H groups in total. The van der Waals surface area contributed by atoms with Crippen LogP contribution in [-0.4, -0.2) is 18.0 Å². The van der Waals surface area contributed by atoms with Crippen LogP contribution >= 0.6 is 22.6 Å². The average Bonchev–Trinajstić information content (AvgIpc) is 1.96. The molecule has 0 bridgehead atoms. The van der Waals surface area contributed by atoms with E-state index < -0.39 is 0 Å². The second-order valence-electron chi connectivity index (χ2n) is 1.81. The van der Waals surface area contributed by atoms with Crippen LogP contribution < -0.4 is 5.32 Å². The minimum absolute atomic E-state index is 1.25. The number of hydrogen-bond donors (Lipinski definition) is 1. The summed E-state index contributed by atoms with van der Waals surface area (Å²) < 4.78 is 0. The van der Waals surface area contributed by atoms with Gasteiger partial charge in [0.25, 0.3) is 0 Å². The van der Waals surface area contributed by atoms with Crippen molar-refractivity contribution in [2.45, 2.75) is 19.3 Å². The summed E-state index contributed by atoms with van der Waals surface area (Å²) in [4.78, 5) is 1.97. The number of rotatable bonds is 0. The molecule has 0 aromatic rings. The third-order valence-electron chi connectivity index (χ3n) is 1.21. The molecule has 8 heavy (non-hydrogen) atoms. The topological polar surface area (TPSA) is 12.0 Å². The van der Waals surface area contributed by atoms with Gasteiger partial charge in [0.2, 0.25) is 0 Å². The summed E-state index contributed by atoms with van der Waals surface area (Å²) in [7, 11) is 0. The minimum Gasteiger partial charge on any atom is -0.317 e. The van der Waals surface area contributed by atoms with E-state index in [1.54, 1.807) is 0 Å². The standard InChI is InChI=1S/C5H11N.CH3I/c1-2-4-6-5-3-1;1-2/h6H,1-5H2;1H3. The van der Waals surface area contributed by atoms with Gasteiger partial charge in [0.1, 0.15) is 0 Å². The number of halogens is 1. The first-order valence-electron chi connectivity index (χ1n) is 3.09. The molecular weight excluding hydrogens is 213 g/mol. The van der Waals surface area contributed by atoms with E-state index in [9.17, 15) is 0 Å². The Morgan fingerprint density at radius 2 is 1.50 bits per heavy atom. The molecule has 0 amide bonds. The largest absolute Gasteiger partial charge is 0.317 e. The fraction of sp³-hybridized carbons (Fsp3) is 1.00. The van der Waals surface area contributed by atoms with Crippen LogP contribution in [0.15, 0.2) is 0 Å². The lowest BCUT2D eigenvalue weighted by molar-refractivity contribution is 0.520. The molecule has 1 saturated heterocycles. The summed E-state index contributed by atoms with van der Waals surface area (Å²) in [6.07, 6.45) is 4.22. The normalized spacial score (nSPS) is 18.8. The SMILES string of the molecule is C1CCNCC1.CI. The van der Waals surface area contributed by atoms with Gasteiger partial charge >= 0.3 is 0 Å². The summed E-state index contributed by atoms with van der Waals surface area (Å²) in [6, 6.07) is 0. The summed E-state index contributed by atoms with van der Waals surface area (Å²) in [5.41, 5.74) is 0. The number of hydrogen-bond acceptors (Lipinski definition) is 1. The van der Waals surface area contributed by atoms with Crippen LogP contribution in [0.25, 0.3) is 0 Å². The zero-order valence-electron chi connectivity index (χ0n) is 5.41. The van der Waals surface area contributed by atoms with E-state index in [-0.39, 0.29) is 0 Å². The van der Waals surface area contributed by atoms with Crippen molar-refractivity contribution < 1.29 is 0 Å². The number of piperidine rings is 1. The van der Waals surface area contributed by atoms with Gasteiger partial charge in [-0.2, -0.15) is 0 Å². The van der Waals surface area contributed by atoms with Gasteiger partial charge in [0.05, 0.1) is 0 Å². The second-order valence-corrected chi connectivity index (χ2v) is 1.81. The van der Waals surface area contributed by atoms with Gasteiger partial charge in [-0.05, 0) is 30.9 Å². The van der Waals surface area contributed by atoms with Crippen molar-refractivity contribution in [2.24, 2.45) is 0 Å². The third kappa shape index (κ3) is 4.84. The minimum atomic E-state index is 1.25. The predicted molar refractivity (Wildman–Crippen MR) is 46.7 cm³/mol. The molecule has 1 heterocycles. The third-order valence-corrected chi connectivity index (χ3v) is 1.21. The first-order valence-corrected chi connectivity index (χ1v) is 5.24. The van der Waals surface area contributed by atoms with Gasteiger partial charge in [-0.25, -0.2) is 0 Å². The summed E-state index contributed by atoms with van der Waals surface area (Å²) in [6.45, 7) is 2.50. The van der Waals surface area contributed by atoms with Gasteiger partial charge in [-0.3, -0.25) is 0 Å². The Labute approximate surface area is 65.4 Å². The highest BCUT2D eigenvalue weighted by Gasteiger charge is 1.93. The Morgan fingerprint density at radius 1 is 1.00 bits per heavy atom. The van der Waals surface area contributed by atoms with Crippen LogP contribution in [-0.2, 0) is 0 Å². The molecule has 1 aliphatic rings. The maximum Gasteiger partial charge on any atom is -0.00489 e. The lowest BCUT2D eigenvalue weighted by atomic mass is 10.2. The van der Waals surface area contributed by atoms with Gasteiger partial charge < -0.3 is 5.32 Å². The molecular formula is C6H14IN. The van der Waals surface area contributed by atoms with Crippen LogP contribution in [0.4, 0.5) is 0 Å². The molecule has 0 aliphatic carbocycles. The Kier molecular flexibility index (Phi) is 8.35. The number of alkyl halides is 1. The monoisotopic (exact) mass is 227 g/mol. The molecule has 0 saturated carbocycles. The first-order chi connectivity index (χ1) is 4.00. The fourth-order valence-corrected chi connectivity index (χ4v) is 0.802. The molecule has 2 heteroatoms. The predicted octanol–water partition coefficient (Wildman–Crippen LogP) is 1.81. The maximum absolute atomic E-state index is 3.28. The average molecular weight is 227 g/mol. The van der Waals surface area contributed by atoms with Crippen molar-refractivity contribution in [1.29, 1.82) is 0 Å². The van der Waals surface area contributed by atoms with E-state index in [0.29, 0.717) is 0 Å². The molecule has 1 aliphatic heterocycles. The highest BCUT2D eigenvalue weighted by molar-refractivity contribution is 14.1. The van der Waals surface area contributed by atoms with Crippen LogP contribution in [0.2, 0.25) is 0 Å². The van der Waals surface area contributed by atoms with Crippen molar-refractivity contribution in [2.75, 3.05) is 18.0 Å². The molecule has 0 radical (unpaired) electrons. The van der Waals surface area contributed by atoms with E-state index in [4.69, 9.17) is 0 Å². The van der Waals surface area contributed by atoms with Crippen molar-refractivity contribution in [3.8, 4) is 0 Å². The molecule has 1 fully saturated rings. The molecule has 1 nitrogen and oxygen atoms in total. The molecule has 0 spiro atoms. The van der Waals surface area contributed by atoms with E-state index in [0.717, 1.165) is 0 Å². The molecule has 0 aromatic heterocycles. The number of nitrogens with one attached hydrogen (secondary N) is 1. The molecule has 50 valence electrons. The Morgan fingerprint density at radius 3 is 1.62 bits per heavy atom. The first kappa shape index (κ1) is 8.69. The maximum atomic E-state index is 3.28. The molecule has 0 unspecified atom stereocenters. The van der Waals surface area contributed by atoms with Gasteiger partial charge in [0, 0.05) is 0 Å².